The first-order valence-electron chi connectivity index (χ1n) is 7.34. The lowest BCUT2D eigenvalue weighted by atomic mass is 9.69. The number of methoxy groups -OCH3 is 1. The minimum absolute atomic E-state index is 0.547. The van der Waals surface area contributed by atoms with Gasteiger partial charge in [-0.05, 0) is 35.9 Å². The van der Waals surface area contributed by atoms with Crippen molar-refractivity contribution in [3.05, 3.63) is 36.0 Å². The summed E-state index contributed by atoms with van der Waals surface area (Å²) < 4.78 is 5.30. The van der Waals surface area contributed by atoms with Gasteiger partial charge in [0, 0.05) is 11.6 Å². The van der Waals surface area contributed by atoms with Crippen LogP contribution in [0.3, 0.4) is 0 Å². The summed E-state index contributed by atoms with van der Waals surface area (Å²) in [6.07, 6.45) is 6.16. The van der Waals surface area contributed by atoms with Gasteiger partial charge in [-0.25, -0.2) is 4.98 Å². The second-order valence-corrected chi connectivity index (χ2v) is 5.70. The molecule has 1 aliphatic carbocycles. The molecule has 1 saturated carbocycles. The topological polar surface area (TPSA) is 59.4 Å². The molecule has 4 heteroatoms. The molecule has 0 spiro atoms. The van der Waals surface area contributed by atoms with Gasteiger partial charge in [0.05, 0.1) is 12.5 Å². The van der Waals surface area contributed by atoms with Gasteiger partial charge in [0.25, 0.3) is 0 Å². The third-order valence-corrected chi connectivity index (χ3v) is 4.59. The molecule has 4 nitrogen and oxygen atoms in total. The van der Waals surface area contributed by atoms with Gasteiger partial charge in [0.1, 0.15) is 0 Å². The summed E-state index contributed by atoms with van der Waals surface area (Å²) in [5, 5.41) is 11.7. The third kappa shape index (κ3) is 2.24. The fourth-order valence-electron chi connectivity index (χ4n) is 3.38. The predicted molar refractivity (Wildman–Crippen MR) is 80.7 cm³/mol. The van der Waals surface area contributed by atoms with Crippen LogP contribution in [0.5, 0.6) is 5.88 Å². The van der Waals surface area contributed by atoms with Crippen LogP contribution in [0, 0.1) is 0 Å². The van der Waals surface area contributed by atoms with Crippen LogP contribution >= 0.6 is 0 Å². The van der Waals surface area contributed by atoms with E-state index in [1.807, 2.05) is 24.3 Å². The number of carboxylic acids is 1. The lowest BCUT2D eigenvalue weighted by Crippen LogP contribution is -2.37. The first kappa shape index (κ1) is 13.9. The molecule has 0 atom stereocenters. The Hall–Kier alpha value is -2.10. The van der Waals surface area contributed by atoms with Crippen LogP contribution in [-0.4, -0.2) is 23.2 Å². The Morgan fingerprint density at radius 2 is 2.00 bits per heavy atom. The molecule has 0 bridgehead atoms. The van der Waals surface area contributed by atoms with E-state index in [1.54, 1.807) is 13.3 Å². The van der Waals surface area contributed by atoms with E-state index in [9.17, 15) is 9.90 Å². The average molecular weight is 285 g/mol. The van der Waals surface area contributed by atoms with E-state index in [4.69, 9.17) is 4.74 Å². The Kier molecular flexibility index (Phi) is 3.53. The van der Waals surface area contributed by atoms with Crippen molar-refractivity contribution in [2.45, 2.75) is 37.5 Å². The summed E-state index contributed by atoms with van der Waals surface area (Å²) in [5.41, 5.74) is 0.112. The Balaban J connectivity index is 2.16. The zero-order valence-corrected chi connectivity index (χ0v) is 12.1. The van der Waals surface area contributed by atoms with Gasteiger partial charge in [-0.2, -0.15) is 0 Å². The SMILES string of the molecule is COc1nccc2ccc(C3(C(=O)O)CCCCC3)cc12. The van der Waals surface area contributed by atoms with E-state index in [2.05, 4.69) is 4.98 Å². The first-order chi connectivity index (χ1) is 10.2. The van der Waals surface area contributed by atoms with Crippen molar-refractivity contribution in [3.63, 3.8) is 0 Å². The molecule has 1 fully saturated rings. The van der Waals surface area contributed by atoms with Gasteiger partial charge in [0.2, 0.25) is 5.88 Å². The Morgan fingerprint density at radius 1 is 1.24 bits per heavy atom. The molecule has 21 heavy (non-hydrogen) atoms. The van der Waals surface area contributed by atoms with Gasteiger partial charge in [-0.1, -0.05) is 31.4 Å². The van der Waals surface area contributed by atoms with Crippen molar-refractivity contribution in [3.8, 4) is 5.88 Å². The van der Waals surface area contributed by atoms with Crippen molar-refractivity contribution in [2.24, 2.45) is 0 Å². The smallest absolute Gasteiger partial charge is 0.314 e. The summed E-state index contributed by atoms with van der Waals surface area (Å²) in [5.74, 6) is -0.171. The standard InChI is InChI=1S/C17H19NO3/c1-21-15-14-11-13(6-5-12(14)7-10-18-15)17(16(19)20)8-3-2-4-9-17/h5-7,10-11H,2-4,8-9H2,1H3,(H,19,20). The predicted octanol–water partition coefficient (Wildman–Crippen LogP) is 3.53. The van der Waals surface area contributed by atoms with Gasteiger partial charge >= 0.3 is 5.97 Å². The van der Waals surface area contributed by atoms with Crippen molar-refractivity contribution in [2.75, 3.05) is 7.11 Å². The van der Waals surface area contributed by atoms with Crippen LogP contribution in [0.1, 0.15) is 37.7 Å². The molecule has 0 aliphatic heterocycles. The maximum atomic E-state index is 11.9. The van der Waals surface area contributed by atoms with Crippen LogP contribution in [0.2, 0.25) is 0 Å². The number of hydrogen-bond acceptors (Lipinski definition) is 3. The molecule has 3 rings (SSSR count). The first-order valence-corrected chi connectivity index (χ1v) is 7.34. The van der Waals surface area contributed by atoms with Crippen LogP contribution in [-0.2, 0) is 10.2 Å². The third-order valence-electron chi connectivity index (χ3n) is 4.59. The highest BCUT2D eigenvalue weighted by Crippen LogP contribution is 2.41. The zero-order valence-electron chi connectivity index (χ0n) is 12.1. The Bertz CT molecular complexity index is 675. The highest BCUT2D eigenvalue weighted by Gasteiger charge is 2.41. The van der Waals surface area contributed by atoms with E-state index in [0.717, 1.165) is 35.6 Å². The second-order valence-electron chi connectivity index (χ2n) is 5.70. The minimum atomic E-state index is -0.757. The molecule has 0 radical (unpaired) electrons. The minimum Gasteiger partial charge on any atom is -0.481 e. The number of hydrogen-bond donors (Lipinski definition) is 1. The molecule has 0 unspecified atom stereocenters. The number of rotatable bonds is 3. The van der Waals surface area contributed by atoms with Crippen LogP contribution in [0.15, 0.2) is 30.5 Å². The largest absolute Gasteiger partial charge is 0.481 e. The van der Waals surface area contributed by atoms with Crippen LogP contribution in [0.4, 0.5) is 0 Å². The molecule has 2 aromatic rings. The summed E-state index contributed by atoms with van der Waals surface area (Å²) >= 11 is 0. The lowest BCUT2D eigenvalue weighted by Gasteiger charge is -2.33. The normalized spacial score (nSPS) is 17.6. The summed E-state index contributed by atoms with van der Waals surface area (Å²) in [6, 6.07) is 7.77. The molecule has 0 amide bonds. The quantitative estimate of drug-likeness (QED) is 0.937. The van der Waals surface area contributed by atoms with E-state index >= 15 is 0 Å². The Morgan fingerprint density at radius 3 is 2.67 bits per heavy atom. The monoisotopic (exact) mass is 285 g/mol. The van der Waals surface area contributed by atoms with E-state index in [0.29, 0.717) is 18.7 Å². The molecule has 110 valence electrons. The van der Waals surface area contributed by atoms with Crippen LogP contribution in [0.25, 0.3) is 10.8 Å². The average Bonchev–Trinajstić information content (AvgIpc) is 2.54. The van der Waals surface area contributed by atoms with Crippen molar-refractivity contribution in [1.82, 2.24) is 4.98 Å². The number of pyridine rings is 1. The number of nitrogens with zero attached hydrogens (tertiary/aromatic N) is 1. The maximum absolute atomic E-state index is 11.9. The molecule has 1 aromatic heterocycles. The molecular weight excluding hydrogens is 266 g/mol. The summed E-state index contributed by atoms with van der Waals surface area (Å²) in [7, 11) is 1.59. The summed E-state index contributed by atoms with van der Waals surface area (Å²) in [6.45, 7) is 0. The van der Waals surface area contributed by atoms with Crippen LogP contribution < -0.4 is 4.74 Å². The van der Waals surface area contributed by atoms with E-state index in [1.165, 1.54) is 0 Å². The number of aromatic nitrogens is 1. The fourth-order valence-corrected chi connectivity index (χ4v) is 3.38. The number of ether oxygens (including phenoxy) is 1. The second kappa shape index (κ2) is 5.35. The maximum Gasteiger partial charge on any atom is 0.314 e. The molecule has 1 aromatic carbocycles. The van der Waals surface area contributed by atoms with Crippen molar-refractivity contribution < 1.29 is 14.6 Å². The molecule has 1 aliphatic rings. The number of benzene rings is 1. The van der Waals surface area contributed by atoms with Gasteiger partial charge in [-0.3, -0.25) is 4.79 Å². The number of carboxylic acid groups (broad SMARTS) is 1. The lowest BCUT2D eigenvalue weighted by molar-refractivity contribution is -0.145. The molecule has 0 saturated heterocycles. The molecule has 1 N–H and O–H groups in total. The van der Waals surface area contributed by atoms with Crippen molar-refractivity contribution in [1.29, 1.82) is 0 Å². The van der Waals surface area contributed by atoms with Gasteiger partial charge in [0.15, 0.2) is 0 Å². The number of fused-ring (bicyclic) bond motifs is 1. The number of aliphatic carboxylic acids is 1. The zero-order chi connectivity index (χ0) is 14.9. The summed E-state index contributed by atoms with van der Waals surface area (Å²) in [4.78, 5) is 16.1. The highest BCUT2D eigenvalue weighted by molar-refractivity contribution is 5.90. The van der Waals surface area contributed by atoms with Gasteiger partial charge < -0.3 is 9.84 Å². The van der Waals surface area contributed by atoms with Gasteiger partial charge in [-0.15, -0.1) is 0 Å². The van der Waals surface area contributed by atoms with E-state index < -0.39 is 11.4 Å². The Labute approximate surface area is 123 Å². The van der Waals surface area contributed by atoms with Crippen molar-refractivity contribution >= 4 is 16.7 Å². The number of carbonyl (C=O) groups is 1. The fraction of sp³-hybridized carbons (Fsp3) is 0.412. The van der Waals surface area contributed by atoms with E-state index in [-0.39, 0.29) is 0 Å². The molecule has 1 heterocycles. The molecular formula is C17H19NO3. The highest BCUT2D eigenvalue weighted by atomic mass is 16.5.